The maximum Gasteiger partial charge on any atom is 0.389 e. The summed E-state index contributed by atoms with van der Waals surface area (Å²) in [6.07, 6.45) is -14.3. The predicted molar refractivity (Wildman–Crippen MR) is 331 cm³/mol. The number of hydrogen-bond acceptors (Lipinski definition) is 30. The molecule has 0 aliphatic carbocycles. The molecule has 41 heteroatoms. The minimum atomic E-state index is -4.93. The van der Waals surface area contributed by atoms with Crippen LogP contribution in [-0.2, 0) is 112 Å². The number of alkyl halides is 2. The van der Waals surface area contributed by atoms with Gasteiger partial charge in [-0.15, -0.1) is 0 Å². The van der Waals surface area contributed by atoms with Crippen LogP contribution in [0.3, 0.4) is 0 Å². The quantitative estimate of drug-likeness (QED) is 0.0194. The number of esters is 4. The van der Waals surface area contributed by atoms with Gasteiger partial charge in [-0.3, -0.25) is 66.0 Å². The van der Waals surface area contributed by atoms with Gasteiger partial charge in [-0.2, -0.15) is 0 Å². The number of carbonyl (C=O) groups excluding carboxylic acids is 8. The molecule has 4 aromatic heterocycles. The van der Waals surface area contributed by atoms with Crippen LogP contribution in [0, 0.1) is 0 Å². The van der Waals surface area contributed by atoms with Crippen LogP contribution in [0.15, 0.2) is 60.5 Å². The highest BCUT2D eigenvalue weighted by molar-refractivity contribution is 8.54. The number of methoxy groups -OCH3 is 1. The highest BCUT2D eigenvalue weighted by Gasteiger charge is 2.57. The van der Waals surface area contributed by atoms with Crippen molar-refractivity contribution in [2.45, 2.75) is 158 Å². The molecule has 5 aliphatic heterocycles. The number of nitrogens with zero attached hydrogens (tertiary/aromatic N) is 8. The number of nitrogen functional groups attached to an aromatic ring is 1. The van der Waals surface area contributed by atoms with Crippen molar-refractivity contribution in [1.82, 2.24) is 49.3 Å². The van der Waals surface area contributed by atoms with Crippen LogP contribution in [0.2, 0.25) is 0 Å². The molecule has 0 spiro atoms. The Balaban J connectivity index is 0.914. The van der Waals surface area contributed by atoms with E-state index in [9.17, 15) is 48.0 Å². The summed E-state index contributed by atoms with van der Waals surface area (Å²) in [7, 11) is 0.990. The van der Waals surface area contributed by atoms with Crippen LogP contribution in [0.5, 0.6) is 5.75 Å². The summed E-state index contributed by atoms with van der Waals surface area (Å²) in [5.41, 5.74) is 5.19. The van der Waals surface area contributed by atoms with Crippen LogP contribution >= 0.6 is 24.9 Å². The Morgan fingerprint density at radius 1 is 0.763 bits per heavy atom. The van der Waals surface area contributed by atoms with Gasteiger partial charge in [0.2, 0.25) is 24.2 Å². The molecule has 0 saturated carbocycles. The average Bonchev–Trinajstić information content (AvgIpc) is 1.71. The van der Waals surface area contributed by atoms with E-state index < -0.39 is 148 Å². The Morgan fingerprint density at radius 2 is 1.37 bits per heavy atom. The fourth-order valence-corrected chi connectivity index (χ4v) is 15.9. The SMILES string of the molecule is COC(=O)C1O[C@@H](Oc2ccc(CSP3(=O)OC[C@H]4O[C@@H](n5cnc6c(=O)[nH]cnc65)[C@H](F)[C@@H]4OP(O)(=S)OC[C@H]4O[C@@H](n5cnc6c(N)ncnc65)[C@H](F)[C@@H]4O3)cc2NC(=O)CCCCCNC(=O)CCCCCN2C(=O)C=CC2=O)C(OC(C)=O)C(OC(C)=O)[C@@H]1OC(C)=O. The summed E-state index contributed by atoms with van der Waals surface area (Å²) in [5.74, 6) is -6.35. The number of benzene rings is 1. The zero-order valence-electron chi connectivity index (χ0n) is 51.9. The number of ether oxygens (including phenoxy) is 8. The molecule has 6 N–H and O–H groups in total. The first-order valence-corrected chi connectivity index (χ1v) is 35.8. The topological polar surface area (TPSA) is 445 Å². The Bertz CT molecular complexity index is 3980. The molecule has 4 amide bonds. The summed E-state index contributed by atoms with van der Waals surface area (Å²) in [4.78, 5) is 149. The van der Waals surface area contributed by atoms with E-state index in [4.69, 9.17) is 73.5 Å². The zero-order chi connectivity index (χ0) is 69.5. The van der Waals surface area contributed by atoms with Gasteiger partial charge >= 0.3 is 37.4 Å². The van der Waals surface area contributed by atoms with E-state index in [0.29, 0.717) is 43.5 Å². The lowest BCUT2D eigenvalue weighted by Gasteiger charge is -2.43. The molecule has 9 heterocycles. The van der Waals surface area contributed by atoms with Gasteiger partial charge in [-0.1, -0.05) is 18.9 Å². The van der Waals surface area contributed by atoms with Gasteiger partial charge in [0.25, 0.3) is 17.4 Å². The van der Waals surface area contributed by atoms with Gasteiger partial charge in [-0.05, 0) is 66.6 Å². The second-order valence-corrected chi connectivity index (χ2v) is 29.2. The summed E-state index contributed by atoms with van der Waals surface area (Å²) in [6.45, 7) is -7.69. The summed E-state index contributed by atoms with van der Waals surface area (Å²) in [5, 5.41) is 5.59. The number of halogens is 2. The largest absolute Gasteiger partial charge is 0.467 e. The van der Waals surface area contributed by atoms with Gasteiger partial charge in [0.15, 0.2) is 65.7 Å². The summed E-state index contributed by atoms with van der Waals surface area (Å²) in [6, 6.07) is 4.02. The smallest absolute Gasteiger partial charge is 0.389 e. The second kappa shape index (κ2) is 31.4. The molecule has 4 fully saturated rings. The number of nitrogens with two attached hydrogens (primary N) is 1. The Morgan fingerprint density at radius 3 is 2.04 bits per heavy atom. The fourth-order valence-electron chi connectivity index (χ4n) is 11.0. The van der Waals surface area contributed by atoms with Crippen LogP contribution in [0.25, 0.3) is 22.3 Å². The van der Waals surface area contributed by atoms with E-state index in [0.717, 1.165) is 62.7 Å². The van der Waals surface area contributed by atoms with Gasteiger partial charge in [-0.25, -0.2) is 43.1 Å². The van der Waals surface area contributed by atoms with E-state index in [2.05, 4.69) is 40.5 Å². The third kappa shape index (κ3) is 17.2. The number of unbranched alkanes of at least 4 members (excludes halogenated alkanes) is 4. The van der Waals surface area contributed by atoms with E-state index in [1.165, 1.54) is 34.9 Å². The van der Waals surface area contributed by atoms with Gasteiger partial charge in [0.1, 0.15) is 42.0 Å². The molecule has 5 unspecified atom stereocenters. The van der Waals surface area contributed by atoms with Gasteiger partial charge in [0, 0.05) is 64.6 Å². The van der Waals surface area contributed by atoms with E-state index >= 15 is 13.3 Å². The molecule has 5 aromatic rings. The predicted octanol–water partition coefficient (Wildman–Crippen LogP) is 3.26. The second-order valence-electron chi connectivity index (χ2n) is 22.4. The summed E-state index contributed by atoms with van der Waals surface area (Å²) >= 11 is 5.81. The summed E-state index contributed by atoms with van der Waals surface area (Å²) < 4.78 is 122. The van der Waals surface area contributed by atoms with Crippen molar-refractivity contribution in [1.29, 1.82) is 0 Å². The molecule has 5 aliphatic rings. The molecule has 0 radical (unpaired) electrons. The van der Waals surface area contributed by atoms with Crippen LogP contribution in [0.4, 0.5) is 20.3 Å². The molecule has 0 bridgehead atoms. The number of rotatable bonds is 24. The standard InChI is InChI=1S/C56H66F2N12O23P2S2/c1-27(71)85-45-46(86-28(2)72)48(87-29(3)73)56(91-47(45)55(79)82-4)90-32-14-13-30(19-31(32)67-36(75)12-7-5-9-17-60-35(74)11-8-6-10-18-68-37(76)15-16-38(68)77)22-97-95(81)84-21-34-43(39(57)53(89-34)70-26-66-42-51(70)63-24-64-52(42)78)92-94(80,96)83-20-33-44(93-95)40(58)54(88-33)69-25-65-41-49(59)61-23-62-50(41)69/h13-16,19,23-26,33-34,39-40,43-48,53-54,56H,5-12,17-18,20-22H2,1-4H3,(H,60,74)(H,67,75)(H,80,96)(H2,59,61,62)(H,63,64,78)/t33-,34-,39-,40-,43-,44-,45+,46?,47?,48?,53-,54-,56-,94?,95?/m1/s1. The molecule has 4 saturated heterocycles. The number of nitrogens with one attached hydrogen (secondary N) is 3. The number of imide groups is 1. The van der Waals surface area contributed by atoms with Crippen molar-refractivity contribution in [3.05, 3.63) is 71.6 Å². The van der Waals surface area contributed by atoms with E-state index in [-0.39, 0.29) is 95.2 Å². The molecule has 35 nitrogen and oxygen atoms in total. The molecule has 15 atom stereocenters. The fraction of sp³-hybridized carbons (Fsp3) is 0.536. The van der Waals surface area contributed by atoms with Crippen LogP contribution in [0.1, 0.15) is 90.2 Å². The molecular weight excluding hydrogens is 1370 g/mol. The van der Waals surface area contributed by atoms with Crippen LogP contribution in [-0.4, -0.2) is 197 Å². The van der Waals surface area contributed by atoms with Crippen molar-refractivity contribution >= 4 is 118 Å². The lowest BCUT2D eigenvalue weighted by atomic mass is 9.97. The number of hydrogen-bond donors (Lipinski definition) is 5. The molecule has 10 rings (SSSR count). The Kier molecular flexibility index (Phi) is 23.3. The first-order chi connectivity index (χ1) is 46.3. The van der Waals surface area contributed by atoms with Crippen molar-refractivity contribution in [2.75, 3.05) is 44.5 Å². The molecule has 97 heavy (non-hydrogen) atoms. The molecular formula is C56H66F2N12O23P2S2. The third-order valence-corrected chi connectivity index (χ3v) is 20.7. The number of fused-ring (bicyclic) bond motifs is 4. The lowest BCUT2D eigenvalue weighted by Crippen LogP contribution is -2.64. The maximum absolute atomic E-state index is 17.4. The monoisotopic (exact) mass is 1440 g/mol. The van der Waals surface area contributed by atoms with Crippen molar-refractivity contribution in [2.24, 2.45) is 0 Å². The molecule has 1 aromatic carbocycles. The highest BCUT2D eigenvalue weighted by Crippen LogP contribution is 2.65. The number of imidazole rings is 2. The van der Waals surface area contributed by atoms with Crippen molar-refractivity contribution < 1.29 is 113 Å². The maximum atomic E-state index is 17.4. The number of anilines is 2. The van der Waals surface area contributed by atoms with Gasteiger partial charge < -0.3 is 68.7 Å². The Labute approximate surface area is 557 Å². The third-order valence-electron chi connectivity index (χ3n) is 15.5. The molecule has 524 valence electrons. The zero-order valence-corrected chi connectivity index (χ0v) is 55.4. The number of H-pyrrole nitrogens is 1. The van der Waals surface area contributed by atoms with Crippen molar-refractivity contribution in [3.8, 4) is 5.75 Å². The van der Waals surface area contributed by atoms with Gasteiger partial charge in [0.05, 0.1) is 45.0 Å². The first-order valence-electron chi connectivity index (χ1n) is 30.1. The minimum Gasteiger partial charge on any atom is -0.467 e. The Hall–Kier alpha value is -7.81. The lowest BCUT2D eigenvalue weighted by molar-refractivity contribution is -0.282. The van der Waals surface area contributed by atoms with E-state index in [1.807, 2.05) is 0 Å². The highest BCUT2D eigenvalue weighted by atomic mass is 32.7. The minimum absolute atomic E-state index is 0.0157. The number of aromatic amines is 1. The van der Waals surface area contributed by atoms with E-state index in [1.54, 1.807) is 0 Å². The average molecular weight is 1440 g/mol. The number of carbonyl (C=O) groups is 8. The van der Waals surface area contributed by atoms with Crippen LogP contribution < -0.4 is 26.7 Å². The number of aromatic nitrogens is 8. The van der Waals surface area contributed by atoms with Crippen molar-refractivity contribution in [3.63, 3.8) is 0 Å². The number of amides is 4. The first kappa shape index (κ1) is 71.9. The normalized spacial score (nSPS) is 28.9.